The van der Waals surface area contributed by atoms with Crippen LogP contribution in [0, 0.1) is 0 Å². The number of thioether (sulfide) groups is 1. The van der Waals surface area contributed by atoms with Crippen LogP contribution in [0.4, 0.5) is 5.82 Å². The van der Waals surface area contributed by atoms with Crippen molar-refractivity contribution >= 4 is 40.8 Å². The van der Waals surface area contributed by atoms with Crippen molar-refractivity contribution in [1.82, 2.24) is 15.1 Å². The molecular formula is C17H20Cl2N4S. The van der Waals surface area contributed by atoms with E-state index < -0.39 is 0 Å². The second kappa shape index (κ2) is 6.79. The summed E-state index contributed by atoms with van der Waals surface area (Å²) >= 11 is 14.6. The third kappa shape index (κ3) is 2.92. The van der Waals surface area contributed by atoms with E-state index in [2.05, 4.69) is 16.7 Å². The summed E-state index contributed by atoms with van der Waals surface area (Å²) in [7, 11) is 2.01. The van der Waals surface area contributed by atoms with Crippen LogP contribution in [0.1, 0.15) is 41.0 Å². The first-order chi connectivity index (χ1) is 11.6. The van der Waals surface area contributed by atoms with Gasteiger partial charge in [-0.1, -0.05) is 29.3 Å². The van der Waals surface area contributed by atoms with Gasteiger partial charge in [0, 0.05) is 35.0 Å². The Balaban J connectivity index is 1.85. The van der Waals surface area contributed by atoms with Crippen molar-refractivity contribution < 1.29 is 0 Å². The fourth-order valence-corrected chi connectivity index (χ4v) is 5.42. The summed E-state index contributed by atoms with van der Waals surface area (Å²) in [6.07, 6.45) is 2.33. The molecule has 3 heterocycles. The summed E-state index contributed by atoms with van der Waals surface area (Å²) in [5.41, 5.74) is 3.54. The van der Waals surface area contributed by atoms with Crippen molar-refractivity contribution in [1.29, 1.82) is 0 Å². The Hall–Kier alpha value is -0.880. The number of aryl methyl sites for hydroxylation is 1. The highest BCUT2D eigenvalue weighted by Crippen LogP contribution is 2.47. The number of hydrogen-bond acceptors (Lipinski definition) is 4. The highest BCUT2D eigenvalue weighted by Gasteiger charge is 2.33. The van der Waals surface area contributed by atoms with Crippen molar-refractivity contribution in [3.63, 3.8) is 0 Å². The molecular weight excluding hydrogens is 363 g/mol. The third-order valence-corrected chi connectivity index (χ3v) is 6.51. The first-order valence-electron chi connectivity index (χ1n) is 8.25. The molecule has 0 saturated carbocycles. The van der Waals surface area contributed by atoms with Crippen LogP contribution in [-0.4, -0.2) is 28.6 Å². The van der Waals surface area contributed by atoms with E-state index in [1.807, 2.05) is 35.6 Å². The molecule has 2 N–H and O–H groups in total. The summed E-state index contributed by atoms with van der Waals surface area (Å²) in [6.45, 7) is 1.99. The van der Waals surface area contributed by atoms with Crippen LogP contribution >= 0.6 is 35.0 Å². The normalized spacial score (nSPS) is 23.6. The lowest BCUT2D eigenvalue weighted by atomic mass is 9.99. The van der Waals surface area contributed by atoms with E-state index >= 15 is 0 Å². The summed E-state index contributed by atoms with van der Waals surface area (Å²) in [4.78, 5) is 0. The van der Waals surface area contributed by atoms with Crippen molar-refractivity contribution in [3.8, 4) is 0 Å². The smallest absolute Gasteiger partial charge is 0.129 e. The number of aromatic nitrogens is 2. The van der Waals surface area contributed by atoms with Gasteiger partial charge in [0.1, 0.15) is 5.82 Å². The van der Waals surface area contributed by atoms with Crippen LogP contribution in [0.25, 0.3) is 0 Å². The number of nitrogens with zero attached hydrogens (tertiary/aromatic N) is 2. The van der Waals surface area contributed by atoms with Gasteiger partial charge in [-0.15, -0.1) is 11.8 Å². The van der Waals surface area contributed by atoms with Gasteiger partial charge >= 0.3 is 0 Å². The fourth-order valence-electron chi connectivity index (χ4n) is 3.59. The highest BCUT2D eigenvalue weighted by atomic mass is 35.5. The molecule has 1 unspecified atom stereocenters. The zero-order valence-corrected chi connectivity index (χ0v) is 15.8. The number of benzene rings is 1. The topological polar surface area (TPSA) is 41.9 Å². The maximum atomic E-state index is 6.54. The van der Waals surface area contributed by atoms with Gasteiger partial charge in [-0.3, -0.25) is 4.68 Å². The Morgan fingerprint density at radius 1 is 1.29 bits per heavy atom. The molecule has 0 radical (unpaired) electrons. The number of rotatable bonds is 2. The minimum atomic E-state index is 0.172. The van der Waals surface area contributed by atoms with Crippen molar-refractivity contribution in [2.24, 2.45) is 7.05 Å². The monoisotopic (exact) mass is 382 g/mol. The standard InChI is InChI=1S/C17H20Cl2N4S/c1-23-17-14(15(22-23)13-3-2-6-20-13)16(24-8-7-21-17)11-5-4-10(18)9-12(11)19/h4-5,9,13,16,20-21H,2-3,6-8H2,1H3/t13-,16?/m0/s1. The summed E-state index contributed by atoms with van der Waals surface area (Å²) in [6, 6.07) is 6.14. The van der Waals surface area contributed by atoms with E-state index in [0.717, 1.165) is 47.4 Å². The average molecular weight is 383 g/mol. The van der Waals surface area contributed by atoms with E-state index in [9.17, 15) is 0 Å². The van der Waals surface area contributed by atoms with Gasteiger partial charge in [0.2, 0.25) is 0 Å². The van der Waals surface area contributed by atoms with Crippen LogP contribution < -0.4 is 10.6 Å². The Kier molecular flexibility index (Phi) is 4.69. The van der Waals surface area contributed by atoms with E-state index in [0.29, 0.717) is 11.1 Å². The lowest BCUT2D eigenvalue weighted by Crippen LogP contribution is -2.16. The van der Waals surface area contributed by atoms with Crippen molar-refractivity contribution in [3.05, 3.63) is 45.1 Å². The molecule has 0 aliphatic carbocycles. The maximum Gasteiger partial charge on any atom is 0.129 e. The lowest BCUT2D eigenvalue weighted by Gasteiger charge is -2.19. The van der Waals surface area contributed by atoms with Gasteiger partial charge in [0.15, 0.2) is 0 Å². The van der Waals surface area contributed by atoms with Gasteiger partial charge in [-0.25, -0.2) is 0 Å². The maximum absolute atomic E-state index is 6.54. The van der Waals surface area contributed by atoms with Crippen molar-refractivity contribution in [2.45, 2.75) is 24.1 Å². The molecule has 1 saturated heterocycles. The van der Waals surface area contributed by atoms with Gasteiger partial charge in [0.25, 0.3) is 0 Å². The largest absolute Gasteiger partial charge is 0.369 e. The van der Waals surface area contributed by atoms with Gasteiger partial charge in [-0.05, 0) is 37.1 Å². The van der Waals surface area contributed by atoms with Crippen LogP contribution in [0.3, 0.4) is 0 Å². The Bertz CT molecular complexity index is 755. The lowest BCUT2D eigenvalue weighted by molar-refractivity contribution is 0.603. The van der Waals surface area contributed by atoms with Crippen LogP contribution in [-0.2, 0) is 7.05 Å². The van der Waals surface area contributed by atoms with E-state index in [1.165, 1.54) is 12.0 Å². The molecule has 1 aromatic heterocycles. The molecule has 0 bridgehead atoms. The molecule has 4 nitrogen and oxygen atoms in total. The number of fused-ring (bicyclic) bond motifs is 1. The average Bonchev–Trinajstić information content (AvgIpc) is 3.12. The number of halogens is 2. The SMILES string of the molecule is Cn1nc([C@@H]2CCCN2)c2c1NCCSC2c1ccc(Cl)cc1Cl. The number of anilines is 1. The Morgan fingerprint density at radius 3 is 2.92 bits per heavy atom. The Morgan fingerprint density at radius 2 is 2.17 bits per heavy atom. The first-order valence-corrected chi connectivity index (χ1v) is 10.1. The molecule has 7 heteroatoms. The van der Waals surface area contributed by atoms with E-state index in [1.54, 1.807) is 0 Å². The molecule has 128 valence electrons. The highest BCUT2D eigenvalue weighted by molar-refractivity contribution is 7.99. The molecule has 0 spiro atoms. The minimum absolute atomic E-state index is 0.172. The third-order valence-electron chi connectivity index (χ3n) is 4.69. The van der Waals surface area contributed by atoms with Gasteiger partial charge < -0.3 is 10.6 Å². The molecule has 2 aliphatic heterocycles. The van der Waals surface area contributed by atoms with Crippen LogP contribution in [0.5, 0.6) is 0 Å². The van der Waals surface area contributed by atoms with Crippen LogP contribution in [0.2, 0.25) is 10.0 Å². The number of hydrogen-bond donors (Lipinski definition) is 2. The Labute approximate surface area is 156 Å². The molecule has 2 aromatic rings. The molecule has 2 atom stereocenters. The quantitative estimate of drug-likeness (QED) is 0.807. The fraction of sp³-hybridized carbons (Fsp3) is 0.471. The molecule has 1 aromatic carbocycles. The molecule has 2 aliphatic rings. The predicted octanol–water partition coefficient (Wildman–Crippen LogP) is 4.40. The van der Waals surface area contributed by atoms with Crippen LogP contribution in [0.15, 0.2) is 18.2 Å². The zero-order chi connectivity index (χ0) is 16.7. The summed E-state index contributed by atoms with van der Waals surface area (Å²) < 4.78 is 1.98. The van der Waals surface area contributed by atoms with E-state index in [4.69, 9.17) is 28.3 Å². The summed E-state index contributed by atoms with van der Waals surface area (Å²) in [5.74, 6) is 2.13. The van der Waals surface area contributed by atoms with E-state index in [-0.39, 0.29) is 5.25 Å². The molecule has 4 rings (SSSR count). The van der Waals surface area contributed by atoms with Gasteiger partial charge in [0.05, 0.1) is 17.0 Å². The molecule has 24 heavy (non-hydrogen) atoms. The van der Waals surface area contributed by atoms with Crippen molar-refractivity contribution in [2.75, 3.05) is 24.2 Å². The zero-order valence-electron chi connectivity index (χ0n) is 13.5. The number of nitrogens with one attached hydrogen (secondary N) is 2. The predicted molar refractivity (Wildman–Crippen MR) is 102 cm³/mol. The second-order valence-electron chi connectivity index (χ2n) is 6.26. The van der Waals surface area contributed by atoms with Gasteiger partial charge in [-0.2, -0.15) is 5.10 Å². The summed E-state index contributed by atoms with van der Waals surface area (Å²) in [5, 5.41) is 13.6. The minimum Gasteiger partial charge on any atom is -0.369 e. The molecule has 0 amide bonds. The first kappa shape index (κ1) is 16.6. The second-order valence-corrected chi connectivity index (χ2v) is 8.32. The molecule has 1 fully saturated rings.